The molecule has 0 fully saturated rings. The molecule has 0 saturated heterocycles. The van der Waals surface area contributed by atoms with E-state index in [4.69, 9.17) is 24.9 Å². The highest BCUT2D eigenvalue weighted by atomic mass is 35.5. The first-order valence-corrected chi connectivity index (χ1v) is 16.8. The fraction of sp³-hybridized carbons (Fsp3) is 1.00. The molecule has 0 saturated carbocycles. The van der Waals surface area contributed by atoms with Gasteiger partial charge in [0.1, 0.15) is 0 Å². The van der Waals surface area contributed by atoms with Gasteiger partial charge in [-0.1, -0.05) is 90.9 Å². The lowest BCUT2D eigenvalue weighted by Gasteiger charge is -2.33. The van der Waals surface area contributed by atoms with Crippen molar-refractivity contribution < 1.29 is 13.3 Å². The van der Waals surface area contributed by atoms with Crippen LogP contribution in [0.15, 0.2) is 0 Å². The number of rotatable bonds is 25. The molecule has 0 rings (SSSR count). The molecule has 0 radical (unpaired) electrons. The first-order valence-electron chi connectivity index (χ1n) is 14.5. The Morgan fingerprint density at radius 2 is 1.00 bits per heavy atom. The van der Waals surface area contributed by atoms with E-state index in [9.17, 15) is 0 Å². The Kier molecular flexibility index (Phi) is 25.5. The van der Waals surface area contributed by atoms with Crippen molar-refractivity contribution in [3.8, 4) is 0 Å². The third kappa shape index (κ3) is 17.7. The van der Waals surface area contributed by atoms with E-state index < -0.39 is 8.80 Å². The van der Waals surface area contributed by atoms with Crippen molar-refractivity contribution in [2.45, 2.75) is 155 Å². The Morgan fingerprint density at radius 1 is 0.618 bits per heavy atom. The number of halogens is 1. The summed E-state index contributed by atoms with van der Waals surface area (Å²) in [5.41, 5.74) is 0. The highest BCUT2D eigenvalue weighted by molar-refractivity contribution is 6.60. The minimum atomic E-state index is -2.54. The van der Waals surface area contributed by atoms with Crippen molar-refractivity contribution in [2.24, 2.45) is 5.92 Å². The molecule has 0 aromatic carbocycles. The molecule has 0 bridgehead atoms. The van der Waals surface area contributed by atoms with Crippen LogP contribution in [0.25, 0.3) is 0 Å². The predicted octanol–water partition coefficient (Wildman–Crippen LogP) is 10.1. The summed E-state index contributed by atoms with van der Waals surface area (Å²) in [5.74, 6) is 0.545. The molecular formula is C28H62ClNO3Si. The van der Waals surface area contributed by atoms with Gasteiger partial charge in [-0.25, -0.2) is 0 Å². The molecule has 208 valence electrons. The number of hydrogen-bond acceptors (Lipinski definition) is 4. The quantitative estimate of drug-likeness (QED) is 0.0733. The Labute approximate surface area is 220 Å². The van der Waals surface area contributed by atoms with E-state index in [0.29, 0.717) is 25.7 Å². The van der Waals surface area contributed by atoms with Crippen LogP contribution in [0.2, 0.25) is 6.04 Å². The average molecular weight is 524 g/mol. The van der Waals surface area contributed by atoms with Gasteiger partial charge in [0.2, 0.25) is 0 Å². The Morgan fingerprint density at radius 3 is 1.38 bits per heavy atom. The van der Waals surface area contributed by atoms with Gasteiger partial charge in [-0.05, 0) is 59.3 Å². The highest BCUT2D eigenvalue weighted by Gasteiger charge is 2.40. The first-order chi connectivity index (χ1) is 15.9. The zero-order chi connectivity index (χ0) is 24.8. The number of unbranched alkanes of at least 4 members (excludes halogenated alkanes) is 11. The normalized spacial score (nSPS) is 14.6. The summed E-state index contributed by atoms with van der Waals surface area (Å²) in [6, 6.07) is 0.897. The molecule has 0 aromatic rings. The number of hydrogen-bond donors (Lipinski definition) is 1. The third-order valence-corrected chi connectivity index (χ3v) is 10.8. The van der Waals surface area contributed by atoms with Gasteiger partial charge >= 0.3 is 8.80 Å². The minimum Gasteiger partial charge on any atom is -0.374 e. The van der Waals surface area contributed by atoms with Crippen molar-refractivity contribution in [3.63, 3.8) is 0 Å². The van der Waals surface area contributed by atoms with Crippen molar-refractivity contribution >= 4 is 20.4 Å². The zero-order valence-electron chi connectivity index (χ0n) is 24.0. The van der Waals surface area contributed by atoms with E-state index in [2.05, 4.69) is 20.8 Å². The van der Waals surface area contributed by atoms with Crippen LogP contribution in [0.1, 0.15) is 144 Å². The lowest BCUT2D eigenvalue weighted by atomic mass is 9.83. The van der Waals surface area contributed by atoms with E-state index in [0.717, 1.165) is 25.3 Å². The van der Waals surface area contributed by atoms with Gasteiger partial charge < -0.3 is 19.4 Å². The molecule has 0 amide bonds. The van der Waals surface area contributed by atoms with Crippen LogP contribution >= 0.6 is 11.6 Å². The second-order valence-electron chi connectivity index (χ2n) is 9.88. The van der Waals surface area contributed by atoms with E-state index in [1.54, 1.807) is 0 Å². The maximum Gasteiger partial charge on any atom is 0.500 e. The monoisotopic (exact) mass is 523 g/mol. The Bertz CT molecular complexity index is 409. The van der Waals surface area contributed by atoms with Gasteiger partial charge in [0.05, 0.1) is 0 Å². The molecule has 2 unspecified atom stereocenters. The van der Waals surface area contributed by atoms with Crippen molar-refractivity contribution in [2.75, 3.05) is 19.8 Å². The van der Waals surface area contributed by atoms with Crippen LogP contribution < -0.4 is 6.15 Å². The molecule has 0 aliphatic heterocycles. The topological polar surface area (TPSA) is 62.7 Å². The first kappa shape index (κ1) is 36.5. The van der Waals surface area contributed by atoms with Gasteiger partial charge in [-0.2, -0.15) is 0 Å². The molecule has 4 nitrogen and oxygen atoms in total. The molecule has 0 aromatic heterocycles. The summed E-state index contributed by atoms with van der Waals surface area (Å²) in [7, 11) is -2.54. The predicted molar refractivity (Wildman–Crippen MR) is 153 cm³/mol. The van der Waals surface area contributed by atoms with E-state index >= 15 is 0 Å². The van der Waals surface area contributed by atoms with Gasteiger partial charge in [0.25, 0.3) is 0 Å². The second kappa shape index (κ2) is 23.7. The molecule has 0 heterocycles. The molecule has 34 heavy (non-hydrogen) atoms. The molecular weight excluding hydrogens is 462 g/mol. The van der Waals surface area contributed by atoms with Gasteiger partial charge in [-0.15, -0.1) is 11.6 Å². The molecule has 0 aliphatic rings. The summed E-state index contributed by atoms with van der Waals surface area (Å²) in [5, 5.41) is 0. The van der Waals surface area contributed by atoms with E-state index in [1.807, 2.05) is 20.8 Å². The molecule has 6 heteroatoms. The summed E-state index contributed by atoms with van der Waals surface area (Å²) in [6.45, 7) is 14.8. The fourth-order valence-electron chi connectivity index (χ4n) is 4.83. The van der Waals surface area contributed by atoms with Crippen molar-refractivity contribution in [1.82, 2.24) is 6.15 Å². The summed E-state index contributed by atoms with van der Waals surface area (Å²) in [6.07, 6.45) is 21.2. The van der Waals surface area contributed by atoms with Crippen LogP contribution in [-0.4, -0.2) is 33.5 Å². The largest absolute Gasteiger partial charge is 0.500 e. The van der Waals surface area contributed by atoms with Crippen molar-refractivity contribution in [1.29, 1.82) is 0 Å². The van der Waals surface area contributed by atoms with Gasteiger partial charge in [0.15, 0.2) is 0 Å². The standard InChI is InChI=1S/C28H59ClO3Si.H3N/c1-7-12-13-14-15-16-17-18-19-20-21-22-24-27(28(6,29)8-2)25-23-26-33(30-9-3,31-10-4)32-11-5;/h27H,7-26H2,1-6H3;1H3. The third-order valence-electron chi connectivity index (χ3n) is 7.08. The Hall–Kier alpha value is 0.347. The molecule has 2 atom stereocenters. The highest BCUT2D eigenvalue weighted by Crippen LogP contribution is 2.37. The van der Waals surface area contributed by atoms with Crippen LogP contribution in [0.4, 0.5) is 0 Å². The summed E-state index contributed by atoms with van der Waals surface area (Å²) < 4.78 is 18.1. The average Bonchev–Trinajstić information content (AvgIpc) is 2.79. The van der Waals surface area contributed by atoms with Gasteiger partial charge in [-0.3, -0.25) is 0 Å². The summed E-state index contributed by atoms with van der Waals surface area (Å²) >= 11 is 6.98. The Balaban J connectivity index is 0. The van der Waals surface area contributed by atoms with Crippen LogP contribution in [-0.2, 0) is 13.3 Å². The van der Waals surface area contributed by atoms with E-state index in [1.165, 1.54) is 83.5 Å². The van der Waals surface area contributed by atoms with Crippen LogP contribution in [0.3, 0.4) is 0 Å². The minimum absolute atomic E-state index is 0. The molecule has 0 spiro atoms. The maximum atomic E-state index is 6.98. The maximum absolute atomic E-state index is 6.98. The smallest absolute Gasteiger partial charge is 0.374 e. The lowest BCUT2D eigenvalue weighted by Crippen LogP contribution is -2.46. The van der Waals surface area contributed by atoms with Gasteiger partial charge in [0, 0.05) is 30.7 Å². The van der Waals surface area contributed by atoms with E-state index in [-0.39, 0.29) is 11.0 Å². The lowest BCUT2D eigenvalue weighted by molar-refractivity contribution is 0.0701. The zero-order valence-corrected chi connectivity index (χ0v) is 25.8. The number of alkyl halides is 1. The second-order valence-corrected chi connectivity index (χ2v) is 13.5. The fourth-order valence-corrected chi connectivity index (χ4v) is 7.69. The summed E-state index contributed by atoms with van der Waals surface area (Å²) in [4.78, 5) is -0.120. The van der Waals surface area contributed by atoms with Crippen LogP contribution in [0, 0.1) is 5.92 Å². The molecule has 0 aliphatic carbocycles. The molecule has 3 N–H and O–H groups in total. The SMILES string of the molecule is CCCCCCCCCCCCCCC(CCC[Si](OCC)(OCC)OCC)C(C)(Cl)CC.N. The van der Waals surface area contributed by atoms with Crippen LogP contribution in [0.5, 0.6) is 0 Å². The van der Waals surface area contributed by atoms with Crippen molar-refractivity contribution in [3.05, 3.63) is 0 Å².